The Morgan fingerprint density at radius 1 is 0.374 bits per heavy atom. The minimum absolute atomic E-state index is 0.138. The maximum absolute atomic E-state index is 11.5. The Morgan fingerprint density at radius 2 is 0.817 bits per heavy atom. The van der Waals surface area contributed by atoms with Crippen molar-refractivity contribution in [3.8, 4) is 0 Å². The van der Waals surface area contributed by atoms with Gasteiger partial charge in [-0.15, -0.1) is 11.3 Å². The molecule has 0 radical (unpaired) electrons. The van der Waals surface area contributed by atoms with Crippen LogP contribution in [0.15, 0.2) is 108 Å². The van der Waals surface area contributed by atoms with Crippen LogP contribution in [0.3, 0.4) is 0 Å². The van der Waals surface area contributed by atoms with Gasteiger partial charge in [0, 0.05) is 60.7 Å². The molecule has 1 saturated heterocycles. The number of allylic oxidation sites excluding steroid dienone is 7. The van der Waals surface area contributed by atoms with E-state index in [4.69, 9.17) is 4.74 Å². The molecule has 0 N–H and O–H groups in total. The second kappa shape index (κ2) is 70.4. The largest absolute Gasteiger partial charge is 0.370 e. The predicted molar refractivity (Wildman–Crippen MR) is 511 cm³/mol. The first-order valence-corrected chi connectivity index (χ1v) is 50.7. The molecule has 10 unspecified atom stereocenters. The van der Waals surface area contributed by atoms with Crippen LogP contribution < -0.4 is 0 Å². The van der Waals surface area contributed by atoms with Gasteiger partial charge in [0.05, 0.1) is 23.4 Å². The number of carbonyl (C=O) groups excluding carboxylic acids is 3. The van der Waals surface area contributed by atoms with Crippen LogP contribution in [-0.2, 0) is 38.4 Å². The molecule has 115 heavy (non-hydrogen) atoms. The van der Waals surface area contributed by atoms with E-state index in [-0.39, 0.29) is 5.92 Å². The number of Topliss-reactive ketones (excluding diaryl/α,β-unsaturated/α-hetero) is 3. The fourth-order valence-corrected chi connectivity index (χ4v) is 17.5. The van der Waals surface area contributed by atoms with Crippen molar-refractivity contribution in [2.24, 2.45) is 70.1 Å². The van der Waals surface area contributed by atoms with Gasteiger partial charge in [0.15, 0.2) is 0 Å². The first-order valence-electron chi connectivity index (χ1n) is 49.8. The van der Waals surface area contributed by atoms with Crippen LogP contribution in [0.2, 0.25) is 0 Å². The van der Waals surface area contributed by atoms with E-state index >= 15 is 0 Å². The number of benzene rings is 2. The summed E-state index contributed by atoms with van der Waals surface area (Å²) in [5.74, 6) is 12.6. The highest BCUT2D eigenvalue weighted by Gasteiger charge is 2.43. The molecular formula is C108H186N2O4S. The van der Waals surface area contributed by atoms with Crippen molar-refractivity contribution >= 4 is 34.9 Å². The number of rotatable bonds is 0. The van der Waals surface area contributed by atoms with E-state index in [1.165, 1.54) is 241 Å². The van der Waals surface area contributed by atoms with Gasteiger partial charge in [0.1, 0.15) is 17.3 Å². The van der Waals surface area contributed by atoms with Crippen molar-refractivity contribution in [2.75, 3.05) is 0 Å². The van der Waals surface area contributed by atoms with Crippen LogP contribution in [0.1, 0.15) is 460 Å². The molecule has 3 heterocycles. The molecular weight excluding hydrogens is 1420 g/mol. The molecule has 658 valence electrons. The van der Waals surface area contributed by atoms with Crippen molar-refractivity contribution in [3.05, 3.63) is 136 Å². The number of ether oxygens (including phenoxy) is 1. The number of ketones is 3. The van der Waals surface area contributed by atoms with E-state index in [1.54, 1.807) is 47.7 Å². The van der Waals surface area contributed by atoms with Crippen LogP contribution in [0.5, 0.6) is 0 Å². The van der Waals surface area contributed by atoms with Gasteiger partial charge in [0.25, 0.3) is 0 Å². The molecule has 12 saturated carbocycles. The second-order valence-electron chi connectivity index (χ2n) is 33.8. The summed E-state index contributed by atoms with van der Waals surface area (Å²) in [5, 5.41) is 0. The third-order valence-corrected chi connectivity index (χ3v) is 25.5. The van der Waals surface area contributed by atoms with Crippen LogP contribution in [0.25, 0.3) is 0 Å². The zero-order valence-electron chi connectivity index (χ0n) is 79.5. The summed E-state index contributed by atoms with van der Waals surface area (Å²) in [7, 11) is 0. The minimum atomic E-state index is 0.138. The Kier molecular flexibility index (Phi) is 66.5. The van der Waals surface area contributed by atoms with E-state index in [1.807, 2.05) is 147 Å². The molecule has 13 fully saturated rings. The quantitative estimate of drug-likeness (QED) is 0.165. The lowest BCUT2D eigenvalue weighted by Crippen LogP contribution is -2.38. The Labute approximate surface area is 718 Å². The van der Waals surface area contributed by atoms with Gasteiger partial charge in [-0.1, -0.05) is 314 Å². The molecule has 0 amide bonds. The highest BCUT2D eigenvalue weighted by atomic mass is 32.1. The number of hydrogen-bond donors (Lipinski definition) is 0. The van der Waals surface area contributed by atoms with Gasteiger partial charge in [-0.25, -0.2) is 4.98 Å². The average Bonchev–Trinajstić information content (AvgIpc) is 1.69. The predicted octanol–water partition coefficient (Wildman–Crippen LogP) is 33.9. The van der Waals surface area contributed by atoms with E-state index in [0.29, 0.717) is 53.2 Å². The minimum Gasteiger partial charge on any atom is -0.370 e. The summed E-state index contributed by atoms with van der Waals surface area (Å²) >= 11 is 1.81. The highest BCUT2D eigenvalue weighted by molar-refractivity contribution is 7.09. The number of aliphatic imine (C=N–C) groups is 1. The molecule has 7 heteroatoms. The maximum Gasteiger partial charge on any atom is 0.140 e. The van der Waals surface area contributed by atoms with Gasteiger partial charge in [0.2, 0.25) is 0 Å². The maximum atomic E-state index is 11.5. The number of aromatic nitrogens is 1. The Bertz CT molecular complexity index is 2840. The van der Waals surface area contributed by atoms with Crippen molar-refractivity contribution in [1.82, 2.24) is 4.98 Å². The third-order valence-electron chi connectivity index (χ3n) is 24.6. The van der Waals surface area contributed by atoms with Crippen molar-refractivity contribution in [3.63, 3.8) is 0 Å². The second-order valence-corrected chi connectivity index (χ2v) is 34.8. The van der Waals surface area contributed by atoms with Crippen LogP contribution in [0, 0.1) is 65.1 Å². The molecule has 6 bridgehead atoms. The standard InChI is InChI=1S/C11H12.C10H13NO.C10H12.C8H12.C7H9NS.C6H10O.C6H12.C6H10.C5H8O.C5H8.C5H10.C5H8.C4H6O.C4H8.8C2H6/c1-2-4-11-9-6-5-8(7-9)10(11)3-1;1-7-4-8-6-11-3-2-9(8)10(12)5-7;1-8-6-7-9-4-2-3-5-10(8)9;1-2-8-5-3-7(1)4-6-8;1-2-4-7-6(3-1)8-5-9-7;1-5-2-3-6(7)4-5;2*1-2-4-6-5-3-1;1-2-4-5(3-1)6-4;1-4-2-5(1)3-4;1-5-3-2-4-5;1-2-4-5-3-1;1-3-2-4(3)5;1-4-2-3-4;8*1-2/h1-4,8-9H,5-7H2;2-3,6-9H,4-5H2,1H3;2-5,8H,6-7H2,1H3;1-2,7-8H,3-6H2;5H,1-4H2;5H,2-4H2,1H3;1-6H2;1-2H,3-6H2;4-5H,1-3H2;4-5H,1-3H2;5H,2-4H2,1H3;1-2H,3-5H2;3H,2H2,1H3;4H,2-3H2,1H3;8*1-2H3. The third kappa shape index (κ3) is 47.5. The zero-order valence-corrected chi connectivity index (χ0v) is 80.3. The van der Waals surface area contributed by atoms with E-state index in [2.05, 4.69) is 130 Å². The monoisotopic (exact) mass is 1610 g/mol. The SMILES string of the molecule is C1=CC2CCC1CC2.C1=CCCC1.C1=CCCCC1.C1C2CC1C2.C1CC2OC2C1.C1CCCCC1.CC.CC.CC.CC.CC.CC.CC.CC.CC1CC(=O)C2C=CN=CC2C1.CC1CC1.CC1CC1=O.CC1CCC(=O)C1.CC1CCC1.CC1CCc2ccccc21.c1ccc2c(c1)C1CCC2C1.c1nc2c(s1)CCCC2. The number of thiazole rings is 1. The average molecular weight is 1610 g/mol. The zero-order chi connectivity index (χ0) is 85.4. The van der Waals surface area contributed by atoms with Gasteiger partial charge < -0.3 is 4.74 Å². The number of aryl methyl sites for hydroxylation is 3. The Morgan fingerprint density at radius 3 is 1.14 bits per heavy atom. The molecule has 21 aliphatic rings. The molecule has 6 nitrogen and oxygen atoms in total. The van der Waals surface area contributed by atoms with Crippen LogP contribution in [-0.4, -0.2) is 40.8 Å². The van der Waals surface area contributed by atoms with Crippen molar-refractivity contribution in [1.29, 1.82) is 0 Å². The molecule has 2 aliphatic heterocycles. The van der Waals surface area contributed by atoms with Crippen LogP contribution >= 0.6 is 11.3 Å². The molecule has 10 atom stereocenters. The molecule has 19 aliphatic carbocycles. The van der Waals surface area contributed by atoms with Gasteiger partial charge >= 0.3 is 0 Å². The molecule has 24 rings (SSSR count). The van der Waals surface area contributed by atoms with Crippen molar-refractivity contribution < 1.29 is 19.1 Å². The Hall–Kier alpha value is -4.33. The summed E-state index contributed by atoms with van der Waals surface area (Å²) in [6.45, 7) is 45.1. The van der Waals surface area contributed by atoms with Crippen molar-refractivity contribution in [2.45, 2.75) is 458 Å². The van der Waals surface area contributed by atoms with E-state index in [9.17, 15) is 14.4 Å². The first kappa shape index (κ1) is 109. The lowest BCUT2D eigenvalue weighted by atomic mass is 9.56. The smallest absolute Gasteiger partial charge is 0.140 e. The topological polar surface area (TPSA) is 89.0 Å². The van der Waals surface area contributed by atoms with E-state index < -0.39 is 0 Å². The number of epoxide rings is 1. The van der Waals surface area contributed by atoms with Crippen LogP contribution in [0.4, 0.5) is 0 Å². The lowest BCUT2D eigenvalue weighted by molar-refractivity contribution is -0.125. The number of carbonyl (C=O) groups is 3. The molecule has 0 spiro atoms. The van der Waals surface area contributed by atoms with Gasteiger partial charge in [-0.05, 0) is 267 Å². The number of hydrogen-bond acceptors (Lipinski definition) is 7. The highest BCUT2D eigenvalue weighted by Crippen LogP contribution is 2.53. The first-order chi connectivity index (χ1) is 56.3. The van der Waals surface area contributed by atoms with Gasteiger partial charge in [-0.3, -0.25) is 19.4 Å². The Balaban J connectivity index is 0.000000616. The number of fused-ring (bicyclic) bond motifs is 11. The summed E-state index contributed by atoms with van der Waals surface area (Å²) < 4.78 is 5.15. The summed E-state index contributed by atoms with van der Waals surface area (Å²) in [6, 6.07) is 17.8. The fourth-order valence-electron chi connectivity index (χ4n) is 16.7. The normalized spacial score (nSPS) is 27.9. The lowest BCUT2D eigenvalue weighted by Gasteiger charge is -2.49. The molecule has 1 aromatic heterocycles. The summed E-state index contributed by atoms with van der Waals surface area (Å²) in [6.07, 6.45) is 79.2. The summed E-state index contributed by atoms with van der Waals surface area (Å²) in [4.78, 5) is 41.7. The molecule has 3 aromatic rings. The van der Waals surface area contributed by atoms with E-state index in [0.717, 1.165) is 80.0 Å². The number of nitrogens with zero attached hydrogens (tertiary/aromatic N) is 2. The fraction of sp³-hybridized carbons (Fsp3) is 0.750. The molecule has 2 aromatic carbocycles. The summed E-state index contributed by atoms with van der Waals surface area (Å²) in [5.41, 5.74) is 9.78. The van der Waals surface area contributed by atoms with Gasteiger partial charge in [-0.2, -0.15) is 0 Å².